The van der Waals surface area contributed by atoms with Crippen LogP contribution in [0.25, 0.3) is 11.1 Å². The molecule has 4 rings (SSSR count). The van der Waals surface area contributed by atoms with Gasteiger partial charge in [-0.05, 0) is 16.7 Å². The monoisotopic (exact) mass is 315 g/mol. The van der Waals surface area contributed by atoms with Gasteiger partial charge in [0.15, 0.2) is 0 Å². The highest BCUT2D eigenvalue weighted by Crippen LogP contribution is 2.38. The number of benzene rings is 3. The third-order valence-electron chi connectivity index (χ3n) is 4.46. The molecule has 24 heavy (non-hydrogen) atoms. The number of rotatable bonds is 5. The topological polar surface area (TPSA) is 21.3 Å². The van der Waals surface area contributed by atoms with Crippen molar-refractivity contribution >= 4 is 0 Å². The lowest BCUT2D eigenvalue weighted by molar-refractivity contribution is 0.228. The molecule has 0 spiro atoms. The molecule has 0 radical (unpaired) electrons. The summed E-state index contributed by atoms with van der Waals surface area (Å²) in [7, 11) is 0. The predicted molar refractivity (Wildman–Crippen MR) is 98.1 cm³/mol. The average molecular weight is 315 g/mol. The van der Waals surface area contributed by atoms with Crippen molar-refractivity contribution in [3.63, 3.8) is 0 Å². The molecule has 1 heterocycles. The summed E-state index contributed by atoms with van der Waals surface area (Å²) in [5.41, 5.74) is 5.02. The highest BCUT2D eigenvalue weighted by Gasteiger charge is 2.25. The minimum absolute atomic E-state index is 0.202. The van der Waals surface area contributed by atoms with Gasteiger partial charge in [0.25, 0.3) is 0 Å². The minimum Gasteiger partial charge on any atom is -0.488 e. The van der Waals surface area contributed by atoms with Gasteiger partial charge < -0.3 is 10.1 Å². The molecule has 0 amide bonds. The highest BCUT2D eigenvalue weighted by atomic mass is 16.5. The third kappa shape index (κ3) is 3.19. The van der Waals surface area contributed by atoms with E-state index in [2.05, 4.69) is 72.0 Å². The fourth-order valence-electron chi connectivity index (χ4n) is 3.27. The second-order valence-corrected chi connectivity index (χ2v) is 6.22. The van der Waals surface area contributed by atoms with Crippen LogP contribution in [-0.4, -0.2) is 12.6 Å². The summed E-state index contributed by atoms with van der Waals surface area (Å²) in [6.07, 6.45) is 1.17. The summed E-state index contributed by atoms with van der Waals surface area (Å²) in [6, 6.07) is 27.4. The van der Waals surface area contributed by atoms with Crippen LogP contribution in [0.15, 0.2) is 78.9 Å². The van der Waals surface area contributed by atoms with E-state index in [1.54, 1.807) is 0 Å². The molecule has 1 aliphatic heterocycles. The number of fused-ring (bicyclic) bond motifs is 1. The summed E-state index contributed by atoms with van der Waals surface area (Å²) >= 11 is 0. The van der Waals surface area contributed by atoms with Crippen LogP contribution in [-0.2, 0) is 13.0 Å². The molecular weight excluding hydrogens is 294 g/mol. The van der Waals surface area contributed by atoms with E-state index in [0.717, 1.165) is 25.3 Å². The Kier molecular flexibility index (Phi) is 4.30. The van der Waals surface area contributed by atoms with Crippen molar-refractivity contribution in [2.75, 3.05) is 6.54 Å². The molecular formula is C22H21NO. The van der Waals surface area contributed by atoms with Crippen molar-refractivity contribution in [2.45, 2.75) is 19.1 Å². The van der Waals surface area contributed by atoms with Gasteiger partial charge in [-0.15, -0.1) is 0 Å². The van der Waals surface area contributed by atoms with Crippen molar-refractivity contribution in [1.29, 1.82) is 0 Å². The van der Waals surface area contributed by atoms with E-state index < -0.39 is 0 Å². The summed E-state index contributed by atoms with van der Waals surface area (Å²) in [5.74, 6) is 1.05. The molecule has 1 unspecified atom stereocenters. The second-order valence-electron chi connectivity index (χ2n) is 6.22. The molecule has 0 bridgehead atoms. The zero-order valence-corrected chi connectivity index (χ0v) is 13.6. The van der Waals surface area contributed by atoms with Gasteiger partial charge in [-0.25, -0.2) is 0 Å². The van der Waals surface area contributed by atoms with Crippen LogP contribution in [0.3, 0.4) is 0 Å². The molecule has 1 N–H and O–H groups in total. The summed E-state index contributed by atoms with van der Waals surface area (Å²) < 4.78 is 6.27. The lowest BCUT2D eigenvalue weighted by atomic mass is 10.0. The first-order valence-electron chi connectivity index (χ1n) is 8.49. The zero-order valence-electron chi connectivity index (χ0n) is 13.6. The first-order chi connectivity index (χ1) is 11.9. The third-order valence-corrected chi connectivity index (χ3v) is 4.46. The Bertz CT molecular complexity index is 799. The van der Waals surface area contributed by atoms with E-state index in [9.17, 15) is 0 Å². The molecule has 2 heteroatoms. The van der Waals surface area contributed by atoms with Crippen molar-refractivity contribution in [2.24, 2.45) is 0 Å². The SMILES string of the molecule is c1ccc(CNCC2Cc3cccc(-c4ccccc4)c3O2)cc1. The van der Waals surface area contributed by atoms with Crippen LogP contribution < -0.4 is 10.1 Å². The van der Waals surface area contributed by atoms with Crippen LogP contribution in [0.5, 0.6) is 5.75 Å². The van der Waals surface area contributed by atoms with Crippen LogP contribution in [0.2, 0.25) is 0 Å². The van der Waals surface area contributed by atoms with E-state index in [0.29, 0.717) is 0 Å². The molecule has 1 aliphatic rings. The van der Waals surface area contributed by atoms with E-state index in [1.165, 1.54) is 22.3 Å². The molecule has 0 saturated carbocycles. The van der Waals surface area contributed by atoms with Crippen LogP contribution >= 0.6 is 0 Å². The zero-order chi connectivity index (χ0) is 16.2. The van der Waals surface area contributed by atoms with Gasteiger partial charge in [0.05, 0.1) is 0 Å². The number of para-hydroxylation sites is 1. The fourth-order valence-corrected chi connectivity index (χ4v) is 3.27. The Balaban J connectivity index is 1.43. The Hall–Kier alpha value is -2.58. The second kappa shape index (κ2) is 6.90. The van der Waals surface area contributed by atoms with Gasteiger partial charge in [-0.1, -0.05) is 78.9 Å². The smallest absolute Gasteiger partial charge is 0.130 e. The Morgan fingerprint density at radius 1 is 0.833 bits per heavy atom. The van der Waals surface area contributed by atoms with Crippen molar-refractivity contribution in [1.82, 2.24) is 5.32 Å². The highest BCUT2D eigenvalue weighted by molar-refractivity contribution is 5.72. The fraction of sp³-hybridized carbons (Fsp3) is 0.182. The largest absolute Gasteiger partial charge is 0.488 e. The number of ether oxygens (including phenoxy) is 1. The molecule has 0 saturated heterocycles. The lowest BCUT2D eigenvalue weighted by Gasteiger charge is -2.13. The number of nitrogens with one attached hydrogen (secondary N) is 1. The van der Waals surface area contributed by atoms with Crippen LogP contribution in [0.4, 0.5) is 0 Å². The maximum absolute atomic E-state index is 6.27. The van der Waals surface area contributed by atoms with Crippen LogP contribution in [0, 0.1) is 0 Å². The van der Waals surface area contributed by atoms with Gasteiger partial charge >= 0.3 is 0 Å². The van der Waals surface area contributed by atoms with Gasteiger partial charge in [0.2, 0.25) is 0 Å². The first-order valence-corrected chi connectivity index (χ1v) is 8.49. The molecule has 120 valence electrons. The normalized spacial score (nSPS) is 15.8. The summed E-state index contributed by atoms with van der Waals surface area (Å²) in [6.45, 7) is 1.74. The maximum atomic E-state index is 6.27. The van der Waals surface area contributed by atoms with Gasteiger partial charge in [-0.2, -0.15) is 0 Å². The minimum atomic E-state index is 0.202. The van der Waals surface area contributed by atoms with E-state index in [-0.39, 0.29) is 6.10 Å². The Labute approximate surface area is 143 Å². The number of hydrogen-bond donors (Lipinski definition) is 1. The van der Waals surface area contributed by atoms with Crippen molar-refractivity contribution < 1.29 is 4.74 Å². The molecule has 0 aromatic heterocycles. The Morgan fingerprint density at radius 3 is 2.38 bits per heavy atom. The molecule has 1 atom stereocenters. The molecule has 2 nitrogen and oxygen atoms in total. The quantitative estimate of drug-likeness (QED) is 0.751. The lowest BCUT2D eigenvalue weighted by Crippen LogP contribution is -2.29. The summed E-state index contributed by atoms with van der Waals surface area (Å²) in [4.78, 5) is 0. The van der Waals surface area contributed by atoms with Crippen LogP contribution in [0.1, 0.15) is 11.1 Å². The van der Waals surface area contributed by atoms with Gasteiger partial charge in [0, 0.05) is 25.1 Å². The van der Waals surface area contributed by atoms with Gasteiger partial charge in [-0.3, -0.25) is 0 Å². The molecule has 0 fully saturated rings. The summed E-state index contributed by atoms with van der Waals surface area (Å²) in [5, 5.41) is 3.51. The van der Waals surface area contributed by atoms with Crippen molar-refractivity contribution in [3.05, 3.63) is 90.0 Å². The average Bonchev–Trinajstić information content (AvgIpc) is 3.06. The molecule has 0 aliphatic carbocycles. The van der Waals surface area contributed by atoms with E-state index >= 15 is 0 Å². The van der Waals surface area contributed by atoms with E-state index in [4.69, 9.17) is 4.74 Å². The molecule has 3 aromatic rings. The van der Waals surface area contributed by atoms with Crippen molar-refractivity contribution in [3.8, 4) is 16.9 Å². The number of hydrogen-bond acceptors (Lipinski definition) is 2. The maximum Gasteiger partial charge on any atom is 0.130 e. The standard InChI is InChI=1S/C22H21NO/c1-3-8-17(9-4-1)15-23-16-20-14-19-12-7-13-21(22(19)24-20)18-10-5-2-6-11-18/h1-13,20,23H,14-16H2. The first kappa shape index (κ1) is 15.0. The predicted octanol–water partition coefficient (Wildman–Crippen LogP) is 4.45. The van der Waals surface area contributed by atoms with Gasteiger partial charge in [0.1, 0.15) is 11.9 Å². The molecule has 3 aromatic carbocycles. The Morgan fingerprint density at radius 2 is 1.58 bits per heavy atom. The van der Waals surface area contributed by atoms with E-state index in [1.807, 2.05) is 12.1 Å².